The number of nitrogens with one attached hydrogen (secondary N) is 1. The van der Waals surface area contributed by atoms with Gasteiger partial charge in [-0.25, -0.2) is 0 Å². The summed E-state index contributed by atoms with van der Waals surface area (Å²) in [6.07, 6.45) is 2.76. The standard InChI is InChI=1S/C16H24N6O2/c1-11-8-12(19-22(11)15(2,3)4)14(23)21-7-5-6-16(24,10-21)13-9-17-20-18-13/h8-9,24H,5-7,10H2,1-4H3,(H,17,18,20)/t16-/m0/s1. The highest BCUT2D eigenvalue weighted by molar-refractivity contribution is 5.92. The summed E-state index contributed by atoms with van der Waals surface area (Å²) < 4.78 is 1.86. The molecule has 0 unspecified atom stereocenters. The second kappa shape index (κ2) is 5.70. The lowest BCUT2D eigenvalue weighted by Gasteiger charge is -2.37. The summed E-state index contributed by atoms with van der Waals surface area (Å²) in [6.45, 7) is 8.87. The van der Waals surface area contributed by atoms with Crippen LogP contribution in [-0.4, -0.2) is 54.2 Å². The maximum absolute atomic E-state index is 12.8. The highest BCUT2D eigenvalue weighted by atomic mass is 16.3. The number of hydrogen-bond donors (Lipinski definition) is 2. The average Bonchev–Trinajstić information content (AvgIpc) is 3.15. The van der Waals surface area contributed by atoms with Gasteiger partial charge in [-0.1, -0.05) is 0 Å². The van der Waals surface area contributed by atoms with Gasteiger partial charge >= 0.3 is 0 Å². The van der Waals surface area contributed by atoms with E-state index in [2.05, 4.69) is 20.5 Å². The Balaban J connectivity index is 1.83. The molecule has 130 valence electrons. The molecule has 1 aliphatic heterocycles. The highest BCUT2D eigenvalue weighted by Gasteiger charge is 2.39. The number of amides is 1. The SMILES string of the molecule is Cc1cc(C(=O)N2CCC[C@@](O)(c3cn[nH]n3)C2)nn1C(C)(C)C. The zero-order valence-corrected chi connectivity index (χ0v) is 14.6. The van der Waals surface area contributed by atoms with Crippen LogP contribution in [0.1, 0.15) is 55.5 Å². The number of H-pyrrole nitrogens is 1. The first kappa shape index (κ1) is 16.6. The molecule has 24 heavy (non-hydrogen) atoms. The van der Waals surface area contributed by atoms with Crippen molar-refractivity contribution in [2.24, 2.45) is 0 Å². The minimum atomic E-state index is -1.16. The van der Waals surface area contributed by atoms with Crippen molar-refractivity contribution in [2.75, 3.05) is 13.1 Å². The summed E-state index contributed by atoms with van der Waals surface area (Å²) in [5, 5.41) is 25.6. The molecule has 0 aromatic carbocycles. The van der Waals surface area contributed by atoms with Gasteiger partial charge in [-0.3, -0.25) is 9.48 Å². The van der Waals surface area contributed by atoms with Gasteiger partial charge in [0.25, 0.3) is 5.91 Å². The van der Waals surface area contributed by atoms with Crippen molar-refractivity contribution in [1.82, 2.24) is 30.1 Å². The van der Waals surface area contributed by atoms with Crippen LogP contribution in [0.25, 0.3) is 0 Å². The first-order chi connectivity index (χ1) is 11.2. The van der Waals surface area contributed by atoms with E-state index >= 15 is 0 Å². The number of rotatable bonds is 2. The Hall–Kier alpha value is -2.22. The van der Waals surface area contributed by atoms with E-state index in [9.17, 15) is 9.90 Å². The molecule has 1 aliphatic rings. The third kappa shape index (κ3) is 2.93. The molecule has 1 atom stereocenters. The molecule has 8 heteroatoms. The second-order valence-electron chi connectivity index (χ2n) is 7.47. The molecular weight excluding hydrogens is 308 g/mol. The first-order valence-electron chi connectivity index (χ1n) is 8.16. The number of aromatic nitrogens is 5. The number of carbonyl (C=O) groups is 1. The summed E-state index contributed by atoms with van der Waals surface area (Å²) in [5.41, 5.74) is 0.465. The Labute approximate surface area is 140 Å². The smallest absolute Gasteiger partial charge is 0.274 e. The fourth-order valence-corrected chi connectivity index (χ4v) is 3.26. The number of aliphatic hydroxyl groups is 1. The zero-order valence-electron chi connectivity index (χ0n) is 14.6. The van der Waals surface area contributed by atoms with Gasteiger partial charge < -0.3 is 10.0 Å². The minimum absolute atomic E-state index is 0.164. The monoisotopic (exact) mass is 332 g/mol. The van der Waals surface area contributed by atoms with Gasteiger partial charge in [0.15, 0.2) is 5.69 Å². The number of carbonyl (C=O) groups excluding carboxylic acids is 1. The topological polar surface area (TPSA) is 99.9 Å². The number of hydrogen-bond acceptors (Lipinski definition) is 5. The van der Waals surface area contributed by atoms with Gasteiger partial charge in [-0.15, -0.1) is 0 Å². The van der Waals surface area contributed by atoms with Crippen molar-refractivity contribution in [3.8, 4) is 0 Å². The molecule has 2 aromatic heterocycles. The van der Waals surface area contributed by atoms with Gasteiger partial charge in [0, 0.05) is 12.2 Å². The van der Waals surface area contributed by atoms with Gasteiger partial charge in [-0.05, 0) is 46.6 Å². The van der Waals surface area contributed by atoms with E-state index in [-0.39, 0.29) is 18.0 Å². The molecule has 2 aromatic rings. The van der Waals surface area contributed by atoms with E-state index in [0.29, 0.717) is 30.8 Å². The molecule has 1 amide bonds. The predicted molar refractivity (Wildman–Crippen MR) is 87.4 cm³/mol. The molecule has 0 aliphatic carbocycles. The van der Waals surface area contributed by atoms with Crippen LogP contribution in [0.2, 0.25) is 0 Å². The summed E-state index contributed by atoms with van der Waals surface area (Å²) >= 11 is 0. The summed E-state index contributed by atoms with van der Waals surface area (Å²) in [6, 6.07) is 1.80. The van der Waals surface area contributed by atoms with Crippen LogP contribution in [0, 0.1) is 6.92 Å². The molecule has 0 radical (unpaired) electrons. The van der Waals surface area contributed by atoms with Crippen LogP contribution in [0.15, 0.2) is 12.3 Å². The predicted octanol–water partition coefficient (Wildman–Crippen LogP) is 1.19. The number of aryl methyl sites for hydroxylation is 1. The molecule has 0 spiro atoms. The number of β-amino-alcohol motifs (C(OH)–C–C–N with tert-alkyl or cyclic N) is 1. The number of nitrogens with zero attached hydrogens (tertiary/aromatic N) is 5. The van der Waals surface area contributed by atoms with Crippen molar-refractivity contribution in [1.29, 1.82) is 0 Å². The quantitative estimate of drug-likeness (QED) is 0.860. The lowest BCUT2D eigenvalue weighted by molar-refractivity contribution is -0.0322. The van der Waals surface area contributed by atoms with Crippen LogP contribution in [-0.2, 0) is 11.1 Å². The minimum Gasteiger partial charge on any atom is -0.382 e. The first-order valence-corrected chi connectivity index (χ1v) is 8.16. The van der Waals surface area contributed by atoms with Gasteiger partial charge in [-0.2, -0.15) is 20.5 Å². The molecule has 3 heterocycles. The summed E-state index contributed by atoms with van der Waals surface area (Å²) in [4.78, 5) is 14.5. The second-order valence-corrected chi connectivity index (χ2v) is 7.47. The largest absolute Gasteiger partial charge is 0.382 e. The Morgan fingerprint density at radius 2 is 2.17 bits per heavy atom. The molecule has 2 N–H and O–H groups in total. The van der Waals surface area contributed by atoms with Crippen molar-refractivity contribution < 1.29 is 9.90 Å². The third-order valence-corrected chi connectivity index (χ3v) is 4.39. The lowest BCUT2D eigenvalue weighted by atomic mass is 9.90. The van der Waals surface area contributed by atoms with Gasteiger partial charge in [0.2, 0.25) is 0 Å². The maximum atomic E-state index is 12.8. The molecule has 1 saturated heterocycles. The molecule has 0 saturated carbocycles. The Bertz CT molecular complexity index is 730. The van der Waals surface area contributed by atoms with Gasteiger partial charge in [0.1, 0.15) is 11.3 Å². The fourth-order valence-electron chi connectivity index (χ4n) is 3.26. The van der Waals surface area contributed by atoms with Crippen molar-refractivity contribution in [3.63, 3.8) is 0 Å². The number of aromatic amines is 1. The Kier molecular flexibility index (Phi) is 3.95. The van der Waals surface area contributed by atoms with Crippen LogP contribution in [0.5, 0.6) is 0 Å². The van der Waals surface area contributed by atoms with E-state index in [1.54, 1.807) is 11.0 Å². The molecule has 0 bridgehead atoms. The Morgan fingerprint density at radius 3 is 2.75 bits per heavy atom. The molecule has 3 rings (SSSR count). The summed E-state index contributed by atoms with van der Waals surface area (Å²) in [7, 11) is 0. The fraction of sp³-hybridized carbons (Fsp3) is 0.625. The van der Waals surface area contributed by atoms with Crippen LogP contribution in [0.3, 0.4) is 0 Å². The summed E-state index contributed by atoms with van der Waals surface area (Å²) in [5.74, 6) is -0.164. The lowest BCUT2D eigenvalue weighted by Crippen LogP contribution is -2.48. The van der Waals surface area contributed by atoms with Crippen LogP contribution in [0.4, 0.5) is 0 Å². The van der Waals surface area contributed by atoms with E-state index in [1.807, 2.05) is 32.4 Å². The van der Waals surface area contributed by atoms with Crippen LogP contribution < -0.4 is 0 Å². The van der Waals surface area contributed by atoms with E-state index in [4.69, 9.17) is 0 Å². The molecule has 1 fully saturated rings. The third-order valence-electron chi connectivity index (χ3n) is 4.39. The van der Waals surface area contributed by atoms with Crippen molar-refractivity contribution in [3.05, 3.63) is 29.3 Å². The normalized spacial score (nSPS) is 22.0. The average molecular weight is 332 g/mol. The van der Waals surface area contributed by atoms with E-state index < -0.39 is 5.60 Å². The zero-order chi connectivity index (χ0) is 17.5. The molecule has 8 nitrogen and oxygen atoms in total. The van der Waals surface area contributed by atoms with Crippen LogP contribution >= 0.6 is 0 Å². The van der Waals surface area contributed by atoms with Crippen molar-refractivity contribution >= 4 is 5.91 Å². The maximum Gasteiger partial charge on any atom is 0.274 e. The van der Waals surface area contributed by atoms with Crippen molar-refractivity contribution in [2.45, 2.75) is 51.7 Å². The number of likely N-dealkylation sites (tertiary alicyclic amines) is 1. The Morgan fingerprint density at radius 1 is 1.42 bits per heavy atom. The highest BCUT2D eigenvalue weighted by Crippen LogP contribution is 2.30. The van der Waals surface area contributed by atoms with Gasteiger partial charge in [0.05, 0.1) is 18.3 Å². The molecular formula is C16H24N6O2. The van der Waals surface area contributed by atoms with E-state index in [0.717, 1.165) is 5.69 Å². The number of piperidine rings is 1. The van der Waals surface area contributed by atoms with E-state index in [1.165, 1.54) is 6.20 Å².